The Kier molecular flexibility index (Phi) is 4.96. The zero-order valence-corrected chi connectivity index (χ0v) is 11.8. The molecule has 0 saturated carbocycles. The van der Waals surface area contributed by atoms with Crippen molar-refractivity contribution in [3.05, 3.63) is 40.2 Å². The molecule has 3 nitrogen and oxygen atoms in total. The maximum absolute atomic E-state index is 5.43. The van der Waals surface area contributed by atoms with Gasteiger partial charge >= 0.3 is 0 Å². The number of nitrogens with zero attached hydrogens (tertiary/aromatic N) is 1. The summed E-state index contributed by atoms with van der Waals surface area (Å²) >= 11 is 1.74. The van der Waals surface area contributed by atoms with E-state index in [9.17, 15) is 0 Å². The number of nitrogens with one attached hydrogen (secondary N) is 1. The van der Waals surface area contributed by atoms with Gasteiger partial charge in [-0.25, -0.2) is 4.98 Å². The smallest absolute Gasteiger partial charge is 0.105 e. The summed E-state index contributed by atoms with van der Waals surface area (Å²) in [5, 5.41) is 6.88. The molecule has 0 bridgehead atoms. The van der Waals surface area contributed by atoms with Gasteiger partial charge in [0.05, 0.1) is 11.3 Å². The lowest BCUT2D eigenvalue weighted by Crippen LogP contribution is -2.33. The normalized spacial score (nSPS) is 12.8. The molecule has 0 fully saturated rings. The first-order chi connectivity index (χ1) is 8.78. The third kappa shape index (κ3) is 3.96. The molecule has 0 aliphatic rings. The van der Waals surface area contributed by atoms with Gasteiger partial charge in [-0.05, 0) is 32.0 Å². The van der Waals surface area contributed by atoms with Crippen LogP contribution in [0.5, 0.6) is 0 Å². The third-order valence-electron chi connectivity index (χ3n) is 2.80. The molecule has 2 heterocycles. The van der Waals surface area contributed by atoms with Crippen LogP contribution in [0.4, 0.5) is 0 Å². The molecule has 2 aromatic rings. The summed E-state index contributed by atoms with van der Waals surface area (Å²) in [5.41, 5.74) is 1.11. The van der Waals surface area contributed by atoms with Gasteiger partial charge in [-0.2, -0.15) is 0 Å². The molecule has 1 unspecified atom stereocenters. The van der Waals surface area contributed by atoms with Crippen molar-refractivity contribution < 1.29 is 4.42 Å². The predicted octanol–water partition coefficient (Wildman–Crippen LogP) is 3.20. The fourth-order valence-corrected chi connectivity index (χ4v) is 2.80. The highest BCUT2D eigenvalue weighted by Gasteiger charge is 2.13. The van der Waals surface area contributed by atoms with Crippen molar-refractivity contribution in [2.45, 2.75) is 39.2 Å². The first-order valence-electron chi connectivity index (χ1n) is 6.44. The summed E-state index contributed by atoms with van der Waals surface area (Å²) in [5.74, 6) is 1.04. The molecule has 0 aliphatic carbocycles. The van der Waals surface area contributed by atoms with E-state index in [1.54, 1.807) is 17.6 Å². The molecule has 0 aromatic carbocycles. The lowest BCUT2D eigenvalue weighted by atomic mass is 10.1. The van der Waals surface area contributed by atoms with Crippen molar-refractivity contribution in [2.24, 2.45) is 0 Å². The third-order valence-corrected chi connectivity index (χ3v) is 3.79. The van der Waals surface area contributed by atoms with Gasteiger partial charge in [-0.15, -0.1) is 11.3 Å². The molecule has 18 heavy (non-hydrogen) atoms. The molecular weight excluding hydrogens is 244 g/mol. The molecular formula is C14H20N2OS. The quantitative estimate of drug-likeness (QED) is 0.834. The highest BCUT2D eigenvalue weighted by atomic mass is 32.1. The molecule has 0 radical (unpaired) electrons. The van der Waals surface area contributed by atoms with E-state index >= 15 is 0 Å². The minimum atomic E-state index is 0.404. The number of hydrogen-bond acceptors (Lipinski definition) is 4. The van der Waals surface area contributed by atoms with Crippen LogP contribution < -0.4 is 5.32 Å². The van der Waals surface area contributed by atoms with E-state index in [0.29, 0.717) is 6.04 Å². The minimum Gasteiger partial charge on any atom is -0.469 e. The average Bonchev–Trinajstić information content (AvgIpc) is 2.98. The second-order valence-corrected chi connectivity index (χ2v) is 5.46. The fraction of sp³-hybridized carbons (Fsp3) is 0.500. The molecule has 0 spiro atoms. The first kappa shape index (κ1) is 13.3. The standard InChI is InChI=1S/C14H20N2OS/c1-3-6-15-12(8-13-5-4-7-17-13)9-14-16-11(2)10-18-14/h4-5,7,10,12,15H,3,6,8-9H2,1-2H3. The summed E-state index contributed by atoms with van der Waals surface area (Å²) in [4.78, 5) is 4.54. The Morgan fingerprint density at radius 2 is 2.33 bits per heavy atom. The number of aromatic nitrogens is 1. The Hall–Kier alpha value is -1.13. The van der Waals surface area contributed by atoms with Gasteiger partial charge < -0.3 is 9.73 Å². The SMILES string of the molecule is CCCNC(Cc1ccco1)Cc1nc(C)cs1. The Morgan fingerprint density at radius 3 is 2.94 bits per heavy atom. The molecule has 98 valence electrons. The Bertz CT molecular complexity index is 450. The lowest BCUT2D eigenvalue weighted by Gasteiger charge is -2.16. The van der Waals surface area contributed by atoms with Crippen LogP contribution >= 0.6 is 11.3 Å². The molecule has 0 aliphatic heterocycles. The molecule has 0 amide bonds. The maximum Gasteiger partial charge on any atom is 0.105 e. The van der Waals surface area contributed by atoms with Gasteiger partial charge in [0.2, 0.25) is 0 Å². The largest absolute Gasteiger partial charge is 0.469 e. The minimum absolute atomic E-state index is 0.404. The van der Waals surface area contributed by atoms with Crippen LogP contribution in [0, 0.1) is 6.92 Å². The van der Waals surface area contributed by atoms with Crippen LogP contribution in [0.2, 0.25) is 0 Å². The van der Waals surface area contributed by atoms with E-state index in [-0.39, 0.29) is 0 Å². The van der Waals surface area contributed by atoms with Gasteiger partial charge in [0.15, 0.2) is 0 Å². The van der Waals surface area contributed by atoms with Crippen LogP contribution in [0.15, 0.2) is 28.2 Å². The van der Waals surface area contributed by atoms with E-state index in [0.717, 1.165) is 37.3 Å². The number of rotatable bonds is 7. The van der Waals surface area contributed by atoms with Gasteiger partial charge in [-0.3, -0.25) is 0 Å². The summed E-state index contributed by atoms with van der Waals surface area (Å²) in [6, 6.07) is 4.38. The zero-order valence-electron chi connectivity index (χ0n) is 11.0. The Balaban J connectivity index is 1.95. The van der Waals surface area contributed by atoms with Gasteiger partial charge in [0.1, 0.15) is 5.76 Å². The molecule has 1 atom stereocenters. The van der Waals surface area contributed by atoms with Crippen LogP contribution in [-0.2, 0) is 12.8 Å². The second kappa shape index (κ2) is 6.71. The number of aryl methyl sites for hydroxylation is 1. The van der Waals surface area contributed by atoms with Crippen molar-refractivity contribution >= 4 is 11.3 Å². The first-order valence-corrected chi connectivity index (χ1v) is 7.32. The summed E-state index contributed by atoms with van der Waals surface area (Å²) < 4.78 is 5.43. The van der Waals surface area contributed by atoms with E-state index in [4.69, 9.17) is 4.42 Å². The van der Waals surface area contributed by atoms with Crippen molar-refractivity contribution in [1.82, 2.24) is 10.3 Å². The summed E-state index contributed by atoms with van der Waals surface area (Å²) in [7, 11) is 0. The fourth-order valence-electron chi connectivity index (χ4n) is 1.94. The van der Waals surface area contributed by atoms with Gasteiger partial charge in [0, 0.05) is 30.0 Å². The van der Waals surface area contributed by atoms with Crippen LogP contribution in [0.1, 0.15) is 29.8 Å². The van der Waals surface area contributed by atoms with Crippen LogP contribution in [0.25, 0.3) is 0 Å². The van der Waals surface area contributed by atoms with Crippen molar-refractivity contribution in [1.29, 1.82) is 0 Å². The zero-order chi connectivity index (χ0) is 12.8. The highest BCUT2D eigenvalue weighted by molar-refractivity contribution is 7.09. The number of furan rings is 1. The van der Waals surface area contributed by atoms with Gasteiger partial charge in [0.25, 0.3) is 0 Å². The van der Waals surface area contributed by atoms with Crippen LogP contribution in [0.3, 0.4) is 0 Å². The number of hydrogen-bond donors (Lipinski definition) is 1. The average molecular weight is 264 g/mol. The van der Waals surface area contributed by atoms with E-state index in [1.807, 2.05) is 19.1 Å². The molecule has 0 saturated heterocycles. The molecule has 1 N–H and O–H groups in total. The predicted molar refractivity (Wildman–Crippen MR) is 75.0 cm³/mol. The monoisotopic (exact) mass is 264 g/mol. The molecule has 2 aromatic heterocycles. The second-order valence-electron chi connectivity index (χ2n) is 4.52. The lowest BCUT2D eigenvalue weighted by molar-refractivity contribution is 0.438. The summed E-state index contributed by atoms with van der Waals surface area (Å²) in [6.07, 6.45) is 4.77. The Morgan fingerprint density at radius 1 is 1.44 bits per heavy atom. The topological polar surface area (TPSA) is 38.1 Å². The maximum atomic E-state index is 5.43. The summed E-state index contributed by atoms with van der Waals surface area (Å²) in [6.45, 7) is 5.27. The van der Waals surface area contributed by atoms with Crippen molar-refractivity contribution in [2.75, 3.05) is 6.54 Å². The Labute approximate surface area is 112 Å². The molecule has 4 heteroatoms. The molecule has 2 rings (SSSR count). The number of thiazole rings is 1. The van der Waals surface area contributed by atoms with E-state index < -0.39 is 0 Å². The van der Waals surface area contributed by atoms with Crippen molar-refractivity contribution in [3.8, 4) is 0 Å². The highest BCUT2D eigenvalue weighted by Crippen LogP contribution is 2.14. The van der Waals surface area contributed by atoms with Crippen molar-refractivity contribution in [3.63, 3.8) is 0 Å². The van der Waals surface area contributed by atoms with Crippen LogP contribution in [-0.4, -0.2) is 17.6 Å². The van der Waals surface area contributed by atoms with E-state index in [1.165, 1.54) is 5.01 Å². The van der Waals surface area contributed by atoms with E-state index in [2.05, 4.69) is 22.6 Å². The van der Waals surface area contributed by atoms with Gasteiger partial charge in [-0.1, -0.05) is 6.92 Å².